The summed E-state index contributed by atoms with van der Waals surface area (Å²) >= 11 is 0. The summed E-state index contributed by atoms with van der Waals surface area (Å²) in [6.45, 7) is 0. The van der Waals surface area contributed by atoms with E-state index in [1.807, 2.05) is 24.3 Å². The Hall–Kier alpha value is -4.04. The fraction of sp³-hybridized carbons (Fsp3) is 0. The van der Waals surface area contributed by atoms with Crippen LogP contribution in [0.4, 0.5) is 0 Å². The molecule has 0 N–H and O–H groups in total. The Morgan fingerprint density at radius 1 is 0.500 bits per heavy atom. The number of ketones is 2. The molecule has 0 aromatic heterocycles. The van der Waals surface area contributed by atoms with E-state index in [9.17, 15) is 9.59 Å². The molecule has 0 aliphatic heterocycles. The van der Waals surface area contributed by atoms with Crippen LogP contribution in [0.5, 0.6) is 0 Å². The normalized spacial score (nSPS) is 13.7. The van der Waals surface area contributed by atoms with Crippen molar-refractivity contribution in [3.8, 4) is 0 Å². The van der Waals surface area contributed by atoms with Gasteiger partial charge in [-0.1, -0.05) is 84.9 Å². The SMILES string of the molecule is O=C1C=C(c2ccc3ccc4c5ccccc5ccc4c3c2)C(=O)c2ccccc21. The maximum Gasteiger partial charge on any atom is 0.194 e. The highest BCUT2D eigenvalue weighted by molar-refractivity contribution is 6.39. The van der Waals surface area contributed by atoms with E-state index in [1.54, 1.807) is 24.3 Å². The quantitative estimate of drug-likeness (QED) is 0.305. The third kappa shape index (κ3) is 2.37. The molecule has 6 rings (SSSR count). The second kappa shape index (κ2) is 6.23. The second-order valence-electron chi connectivity index (χ2n) is 7.68. The molecule has 0 fully saturated rings. The van der Waals surface area contributed by atoms with Crippen molar-refractivity contribution in [2.24, 2.45) is 0 Å². The molecule has 1 aliphatic rings. The van der Waals surface area contributed by atoms with Crippen LogP contribution < -0.4 is 0 Å². The van der Waals surface area contributed by atoms with Gasteiger partial charge in [-0.25, -0.2) is 0 Å². The summed E-state index contributed by atoms with van der Waals surface area (Å²) < 4.78 is 0. The van der Waals surface area contributed by atoms with Gasteiger partial charge >= 0.3 is 0 Å². The number of allylic oxidation sites excluding steroid dienone is 2. The average molecular weight is 384 g/mol. The molecule has 5 aromatic carbocycles. The van der Waals surface area contributed by atoms with Crippen LogP contribution in [0.25, 0.3) is 37.9 Å². The van der Waals surface area contributed by atoms with Crippen LogP contribution in [-0.2, 0) is 0 Å². The zero-order chi connectivity index (χ0) is 20.2. The highest BCUT2D eigenvalue weighted by Gasteiger charge is 2.26. The lowest BCUT2D eigenvalue weighted by atomic mass is 9.85. The highest BCUT2D eigenvalue weighted by atomic mass is 16.1. The summed E-state index contributed by atoms with van der Waals surface area (Å²) in [4.78, 5) is 25.7. The van der Waals surface area contributed by atoms with Crippen molar-refractivity contribution in [1.29, 1.82) is 0 Å². The van der Waals surface area contributed by atoms with Gasteiger partial charge in [-0.15, -0.1) is 0 Å². The molecule has 0 saturated carbocycles. The summed E-state index contributed by atoms with van der Waals surface area (Å²) in [6.07, 6.45) is 1.48. The van der Waals surface area contributed by atoms with Gasteiger partial charge in [0.05, 0.1) is 0 Å². The number of carbonyl (C=O) groups excluding carboxylic acids is 2. The van der Waals surface area contributed by atoms with Gasteiger partial charge in [0, 0.05) is 16.7 Å². The number of benzene rings is 5. The van der Waals surface area contributed by atoms with Gasteiger partial charge in [-0.05, 0) is 50.0 Å². The predicted molar refractivity (Wildman–Crippen MR) is 122 cm³/mol. The molecule has 5 aromatic rings. The third-order valence-electron chi connectivity index (χ3n) is 6.01. The molecule has 2 heteroatoms. The molecule has 30 heavy (non-hydrogen) atoms. The smallest absolute Gasteiger partial charge is 0.194 e. The van der Waals surface area contributed by atoms with Gasteiger partial charge in [0.15, 0.2) is 11.6 Å². The fourth-order valence-corrected chi connectivity index (χ4v) is 4.52. The Morgan fingerprint density at radius 2 is 1.13 bits per heavy atom. The lowest BCUT2D eigenvalue weighted by Crippen LogP contribution is -2.15. The zero-order valence-electron chi connectivity index (χ0n) is 16.1. The largest absolute Gasteiger partial charge is 0.289 e. The summed E-state index contributed by atoms with van der Waals surface area (Å²) in [5.74, 6) is -0.223. The Kier molecular flexibility index (Phi) is 3.50. The zero-order valence-corrected chi connectivity index (χ0v) is 16.1. The minimum atomic E-state index is -0.121. The molecule has 0 heterocycles. The Balaban J connectivity index is 1.60. The van der Waals surface area contributed by atoms with Crippen molar-refractivity contribution in [2.75, 3.05) is 0 Å². The van der Waals surface area contributed by atoms with Gasteiger partial charge in [0.25, 0.3) is 0 Å². The van der Waals surface area contributed by atoms with E-state index in [0.29, 0.717) is 16.7 Å². The maximum absolute atomic E-state index is 13.1. The number of hydrogen-bond acceptors (Lipinski definition) is 2. The highest BCUT2D eigenvalue weighted by Crippen LogP contribution is 2.34. The summed E-state index contributed by atoms with van der Waals surface area (Å²) in [7, 11) is 0. The van der Waals surface area contributed by atoms with Gasteiger partial charge < -0.3 is 0 Å². The number of fused-ring (bicyclic) bond motifs is 6. The topological polar surface area (TPSA) is 34.1 Å². The van der Waals surface area contributed by atoms with Crippen LogP contribution in [-0.4, -0.2) is 11.6 Å². The summed E-state index contributed by atoms with van der Waals surface area (Å²) in [6, 6.07) is 29.9. The molecular formula is C28H16O2. The van der Waals surface area contributed by atoms with Crippen molar-refractivity contribution >= 4 is 49.5 Å². The van der Waals surface area contributed by atoms with E-state index in [4.69, 9.17) is 0 Å². The van der Waals surface area contributed by atoms with Gasteiger partial charge in [-0.3, -0.25) is 9.59 Å². The molecule has 0 spiro atoms. The molecule has 0 radical (unpaired) electrons. The molecular weight excluding hydrogens is 368 g/mol. The molecule has 0 unspecified atom stereocenters. The van der Waals surface area contributed by atoms with E-state index in [1.165, 1.54) is 22.2 Å². The number of Topliss-reactive ketones (excluding diaryl/α,β-unsaturated/α-hetero) is 1. The first-order chi connectivity index (χ1) is 14.7. The Bertz CT molecular complexity index is 1570. The molecule has 140 valence electrons. The van der Waals surface area contributed by atoms with Gasteiger partial charge in [-0.2, -0.15) is 0 Å². The van der Waals surface area contributed by atoms with E-state index in [2.05, 4.69) is 42.5 Å². The summed E-state index contributed by atoms with van der Waals surface area (Å²) in [5.41, 5.74) is 2.18. The monoisotopic (exact) mass is 384 g/mol. The van der Waals surface area contributed by atoms with Crippen LogP contribution in [0.1, 0.15) is 26.3 Å². The van der Waals surface area contributed by atoms with Crippen molar-refractivity contribution in [3.05, 3.63) is 114 Å². The standard InChI is InChI=1S/C28H16O2/c29-27-16-26(28(30)24-8-4-3-7-23(24)27)19-10-9-18-12-13-21-20-6-2-1-5-17(20)11-14-22(21)25(18)15-19/h1-16H. The average Bonchev–Trinajstić information content (AvgIpc) is 2.80. The predicted octanol–water partition coefficient (Wildman–Crippen LogP) is 6.61. The van der Waals surface area contributed by atoms with E-state index < -0.39 is 0 Å². The van der Waals surface area contributed by atoms with Crippen LogP contribution in [0.15, 0.2) is 97.1 Å². The van der Waals surface area contributed by atoms with Gasteiger partial charge in [0.1, 0.15) is 0 Å². The molecule has 1 aliphatic carbocycles. The van der Waals surface area contributed by atoms with Crippen molar-refractivity contribution in [2.45, 2.75) is 0 Å². The minimum absolute atomic E-state index is 0.102. The molecule has 2 nitrogen and oxygen atoms in total. The fourth-order valence-electron chi connectivity index (χ4n) is 4.52. The molecule has 0 bridgehead atoms. The Morgan fingerprint density at radius 3 is 1.97 bits per heavy atom. The van der Waals surface area contributed by atoms with Crippen molar-refractivity contribution < 1.29 is 9.59 Å². The first-order valence-electron chi connectivity index (χ1n) is 9.95. The number of rotatable bonds is 1. The first-order valence-corrected chi connectivity index (χ1v) is 9.95. The van der Waals surface area contributed by atoms with E-state index in [0.717, 1.165) is 21.7 Å². The molecule has 0 saturated heterocycles. The maximum atomic E-state index is 13.1. The lowest BCUT2D eigenvalue weighted by molar-refractivity contribution is 0.100. The van der Waals surface area contributed by atoms with E-state index in [-0.39, 0.29) is 11.6 Å². The van der Waals surface area contributed by atoms with Crippen LogP contribution in [0.2, 0.25) is 0 Å². The Labute approximate surface area is 173 Å². The molecule has 0 amide bonds. The van der Waals surface area contributed by atoms with Gasteiger partial charge in [0.2, 0.25) is 0 Å². The summed E-state index contributed by atoms with van der Waals surface area (Å²) in [5, 5.41) is 6.92. The third-order valence-corrected chi connectivity index (χ3v) is 6.01. The van der Waals surface area contributed by atoms with Crippen LogP contribution in [0.3, 0.4) is 0 Å². The molecule has 0 atom stereocenters. The number of carbonyl (C=O) groups is 2. The lowest BCUT2D eigenvalue weighted by Gasteiger charge is -2.16. The number of hydrogen-bond donors (Lipinski definition) is 0. The minimum Gasteiger partial charge on any atom is -0.289 e. The second-order valence-corrected chi connectivity index (χ2v) is 7.68. The van der Waals surface area contributed by atoms with Crippen molar-refractivity contribution in [1.82, 2.24) is 0 Å². The van der Waals surface area contributed by atoms with Crippen LogP contribution >= 0.6 is 0 Å². The van der Waals surface area contributed by atoms with Crippen molar-refractivity contribution in [3.63, 3.8) is 0 Å². The van der Waals surface area contributed by atoms with E-state index >= 15 is 0 Å². The first kappa shape index (κ1) is 16.9. The van der Waals surface area contributed by atoms with Crippen LogP contribution in [0, 0.1) is 0 Å².